The molecular formula is C27H41NO5. The van der Waals surface area contributed by atoms with Crippen LogP contribution in [0.4, 0.5) is 4.79 Å². The molecule has 0 bridgehead atoms. The molecule has 184 valence electrons. The van der Waals surface area contributed by atoms with Crippen molar-refractivity contribution in [1.82, 2.24) is 4.90 Å². The van der Waals surface area contributed by atoms with E-state index in [0.717, 1.165) is 55.2 Å². The number of methoxy groups -OCH3 is 1. The number of hydrogen-bond donors (Lipinski definition) is 1. The quantitative estimate of drug-likeness (QED) is 0.229. The van der Waals surface area contributed by atoms with Gasteiger partial charge in [-0.3, -0.25) is 4.90 Å². The van der Waals surface area contributed by atoms with E-state index >= 15 is 0 Å². The Morgan fingerprint density at radius 2 is 2.03 bits per heavy atom. The van der Waals surface area contributed by atoms with Crippen molar-refractivity contribution in [3.05, 3.63) is 47.1 Å². The van der Waals surface area contributed by atoms with Gasteiger partial charge in [0.05, 0.1) is 6.61 Å². The van der Waals surface area contributed by atoms with Crippen LogP contribution in [0.15, 0.2) is 35.9 Å². The smallest absolute Gasteiger partial charge is 0.412 e. The van der Waals surface area contributed by atoms with Crippen molar-refractivity contribution in [2.75, 3.05) is 34.1 Å². The van der Waals surface area contributed by atoms with Crippen LogP contribution in [-0.2, 0) is 15.9 Å². The van der Waals surface area contributed by atoms with E-state index in [1.807, 2.05) is 19.1 Å². The third kappa shape index (κ3) is 7.81. The topological polar surface area (TPSA) is 68.2 Å². The van der Waals surface area contributed by atoms with E-state index in [1.165, 1.54) is 10.5 Å². The lowest BCUT2D eigenvalue weighted by molar-refractivity contribution is 0.0594. The Hall–Kier alpha value is -2.47. The van der Waals surface area contributed by atoms with Crippen molar-refractivity contribution in [3.63, 3.8) is 0 Å². The molecule has 1 amide bonds. The van der Waals surface area contributed by atoms with Crippen molar-refractivity contribution < 1.29 is 24.1 Å². The molecule has 1 N–H and O–H groups in total. The van der Waals surface area contributed by atoms with Crippen LogP contribution < -0.4 is 4.74 Å². The normalized spacial score (nSPS) is 17.9. The average molecular weight is 460 g/mol. The molecule has 2 rings (SSSR count). The Balaban J connectivity index is 2.33. The van der Waals surface area contributed by atoms with Crippen LogP contribution in [0.3, 0.4) is 0 Å². The fraction of sp³-hybridized carbons (Fsp3) is 0.593. The van der Waals surface area contributed by atoms with Gasteiger partial charge in [-0.2, -0.15) is 0 Å². The lowest BCUT2D eigenvalue weighted by Crippen LogP contribution is -2.32. The Bertz CT molecular complexity index is 832. The van der Waals surface area contributed by atoms with Crippen LogP contribution in [-0.4, -0.2) is 50.2 Å². The molecule has 2 unspecified atom stereocenters. The minimum atomic E-state index is -0.481. The maximum Gasteiger partial charge on any atom is 0.412 e. The lowest BCUT2D eigenvalue weighted by atomic mass is 9.73. The van der Waals surface area contributed by atoms with Crippen LogP contribution in [0.1, 0.15) is 69.9 Å². The summed E-state index contributed by atoms with van der Waals surface area (Å²) in [5.74, 6) is 1.06. The first-order chi connectivity index (χ1) is 15.8. The Morgan fingerprint density at radius 3 is 2.70 bits per heavy atom. The maximum atomic E-state index is 12.2. The molecular weight excluding hydrogens is 418 g/mol. The monoisotopic (exact) mass is 459 g/mol. The number of aromatic hydroxyl groups is 1. The van der Waals surface area contributed by atoms with E-state index in [1.54, 1.807) is 14.2 Å². The number of ether oxygens (including phenoxy) is 3. The van der Waals surface area contributed by atoms with Gasteiger partial charge in [-0.1, -0.05) is 43.6 Å². The number of phenolic OH excluding ortho intramolecular Hbond substituents is 1. The number of carbonyl (C=O) groups excluding carboxylic acids is 1. The summed E-state index contributed by atoms with van der Waals surface area (Å²) in [7, 11) is 3.18. The third-order valence-electron chi connectivity index (χ3n) is 6.20. The zero-order chi connectivity index (χ0) is 24.4. The van der Waals surface area contributed by atoms with E-state index in [9.17, 15) is 9.90 Å². The van der Waals surface area contributed by atoms with Crippen LogP contribution in [0, 0.1) is 5.92 Å². The molecule has 0 aromatic heterocycles. The third-order valence-corrected chi connectivity index (χ3v) is 6.20. The van der Waals surface area contributed by atoms with Crippen molar-refractivity contribution in [3.8, 4) is 11.5 Å². The predicted molar refractivity (Wildman–Crippen MR) is 132 cm³/mol. The molecule has 0 aliphatic heterocycles. The highest BCUT2D eigenvalue weighted by atomic mass is 16.6. The van der Waals surface area contributed by atoms with Gasteiger partial charge >= 0.3 is 6.09 Å². The van der Waals surface area contributed by atoms with Gasteiger partial charge < -0.3 is 19.3 Å². The molecule has 0 saturated heterocycles. The summed E-state index contributed by atoms with van der Waals surface area (Å²) in [6.07, 6.45) is 7.96. The van der Waals surface area contributed by atoms with Gasteiger partial charge in [-0.15, -0.1) is 0 Å². The molecule has 0 fully saturated rings. The highest BCUT2D eigenvalue weighted by molar-refractivity contribution is 5.67. The molecule has 0 spiro atoms. The fourth-order valence-corrected chi connectivity index (χ4v) is 4.29. The van der Waals surface area contributed by atoms with Gasteiger partial charge in [-0.05, 0) is 63.1 Å². The van der Waals surface area contributed by atoms with Crippen LogP contribution in [0.2, 0.25) is 0 Å². The first kappa shape index (κ1) is 26.8. The Labute approximate surface area is 199 Å². The second-order valence-corrected chi connectivity index (χ2v) is 9.09. The molecule has 0 radical (unpaired) electrons. The number of rotatable bonds is 12. The van der Waals surface area contributed by atoms with E-state index in [-0.39, 0.29) is 30.9 Å². The molecule has 1 aliphatic rings. The van der Waals surface area contributed by atoms with Crippen LogP contribution >= 0.6 is 0 Å². The van der Waals surface area contributed by atoms with E-state index in [4.69, 9.17) is 14.2 Å². The SMILES string of the molecule is C=C(C)C1CCC(C)=CC1c1c(O)cc(CCCCC)cc1OCN(C)C(=O)OCCOC. The summed E-state index contributed by atoms with van der Waals surface area (Å²) >= 11 is 0. The highest BCUT2D eigenvalue weighted by Crippen LogP contribution is 2.47. The van der Waals surface area contributed by atoms with Crippen molar-refractivity contribution in [2.45, 2.75) is 65.2 Å². The number of amides is 1. The van der Waals surface area contributed by atoms with Crippen molar-refractivity contribution in [2.24, 2.45) is 5.92 Å². The molecule has 2 atom stereocenters. The first-order valence-corrected chi connectivity index (χ1v) is 12.0. The molecule has 6 heteroatoms. The Morgan fingerprint density at radius 1 is 1.27 bits per heavy atom. The predicted octanol–water partition coefficient (Wildman–Crippen LogP) is 6.19. The summed E-state index contributed by atoms with van der Waals surface area (Å²) in [6, 6.07) is 3.88. The maximum absolute atomic E-state index is 12.2. The van der Waals surface area contributed by atoms with Gasteiger partial charge in [0.1, 0.15) is 18.1 Å². The van der Waals surface area contributed by atoms with Gasteiger partial charge in [0.2, 0.25) is 0 Å². The number of phenols is 1. The summed E-state index contributed by atoms with van der Waals surface area (Å²) in [6.45, 7) is 11.1. The second kappa shape index (κ2) is 13.3. The van der Waals surface area contributed by atoms with E-state index in [0.29, 0.717) is 12.4 Å². The second-order valence-electron chi connectivity index (χ2n) is 9.09. The largest absolute Gasteiger partial charge is 0.507 e. The number of hydrogen-bond acceptors (Lipinski definition) is 5. The average Bonchev–Trinajstić information content (AvgIpc) is 2.77. The minimum absolute atomic E-state index is 0.0177. The molecule has 1 aliphatic carbocycles. The van der Waals surface area contributed by atoms with Crippen molar-refractivity contribution >= 4 is 6.09 Å². The number of allylic oxidation sites excluding steroid dienone is 3. The minimum Gasteiger partial charge on any atom is -0.507 e. The molecule has 0 saturated carbocycles. The number of benzene rings is 1. The van der Waals surface area contributed by atoms with Crippen LogP contribution in [0.5, 0.6) is 11.5 Å². The van der Waals surface area contributed by atoms with E-state index in [2.05, 4.69) is 26.5 Å². The van der Waals surface area contributed by atoms with Gasteiger partial charge in [0.25, 0.3) is 0 Å². The number of aryl methyl sites for hydroxylation is 1. The summed E-state index contributed by atoms with van der Waals surface area (Å²) < 4.78 is 16.2. The molecule has 6 nitrogen and oxygen atoms in total. The zero-order valence-corrected chi connectivity index (χ0v) is 21.0. The molecule has 33 heavy (non-hydrogen) atoms. The van der Waals surface area contributed by atoms with Gasteiger partial charge in [0.15, 0.2) is 6.73 Å². The highest BCUT2D eigenvalue weighted by Gasteiger charge is 2.31. The summed E-state index contributed by atoms with van der Waals surface area (Å²) in [5.41, 5.74) is 4.20. The molecule has 0 heterocycles. The van der Waals surface area contributed by atoms with E-state index < -0.39 is 6.09 Å². The van der Waals surface area contributed by atoms with Gasteiger partial charge in [-0.25, -0.2) is 4.79 Å². The first-order valence-electron chi connectivity index (χ1n) is 12.0. The van der Waals surface area contributed by atoms with Gasteiger partial charge in [0, 0.05) is 25.6 Å². The lowest BCUT2D eigenvalue weighted by Gasteiger charge is -2.32. The molecule has 1 aromatic rings. The standard InChI is InChI=1S/C27H41NO5/c1-7-8-9-10-21-16-24(29)26(23-15-20(4)11-12-22(23)19(2)3)25(17-21)33-18-28(5)27(30)32-14-13-31-6/h15-17,22-23,29H,2,7-14,18H2,1,3-6H3. The number of carbonyl (C=O) groups is 1. The summed E-state index contributed by atoms with van der Waals surface area (Å²) in [4.78, 5) is 13.6. The zero-order valence-electron chi connectivity index (χ0n) is 21.0. The summed E-state index contributed by atoms with van der Waals surface area (Å²) in [5, 5.41) is 11.1. The number of nitrogens with zero attached hydrogens (tertiary/aromatic N) is 1. The fourth-order valence-electron chi connectivity index (χ4n) is 4.29. The van der Waals surface area contributed by atoms with Crippen molar-refractivity contribution in [1.29, 1.82) is 0 Å². The Kier molecular flexibility index (Phi) is 10.8. The number of unbranched alkanes of at least 4 members (excludes halogenated alkanes) is 2. The van der Waals surface area contributed by atoms with Crippen LogP contribution in [0.25, 0.3) is 0 Å². The molecule has 1 aromatic carbocycles.